The van der Waals surface area contributed by atoms with E-state index in [1.807, 2.05) is 0 Å². The molecule has 0 spiro atoms. The van der Waals surface area contributed by atoms with Crippen molar-refractivity contribution in [3.05, 3.63) is 82.4 Å². The van der Waals surface area contributed by atoms with E-state index in [4.69, 9.17) is 0 Å². The van der Waals surface area contributed by atoms with Gasteiger partial charge in [0.05, 0.1) is 22.5 Å². The highest BCUT2D eigenvalue weighted by Gasteiger charge is 2.35. The molecule has 31 heavy (non-hydrogen) atoms. The molecular weight excluding hydrogens is 445 g/mol. The first-order chi connectivity index (χ1) is 14.5. The molecule has 0 saturated heterocycles. The second-order valence-electron chi connectivity index (χ2n) is 6.35. The van der Waals surface area contributed by atoms with Crippen molar-refractivity contribution in [3.8, 4) is 11.3 Å². The number of halogens is 5. The fraction of sp³-hybridized carbons (Fsp3) is 0.158. The Labute approximate surface area is 173 Å². The van der Waals surface area contributed by atoms with Crippen molar-refractivity contribution in [1.82, 2.24) is 14.3 Å². The number of nitrogens with one attached hydrogen (secondary N) is 1. The molecule has 0 aliphatic rings. The van der Waals surface area contributed by atoms with Crippen LogP contribution in [-0.2, 0) is 22.7 Å². The van der Waals surface area contributed by atoms with Crippen LogP contribution in [0, 0.1) is 11.6 Å². The summed E-state index contributed by atoms with van der Waals surface area (Å²) in [4.78, 5) is 15.5. The summed E-state index contributed by atoms with van der Waals surface area (Å²) in [7, 11) is -4.39. The van der Waals surface area contributed by atoms with Crippen molar-refractivity contribution in [2.24, 2.45) is 0 Å². The minimum absolute atomic E-state index is 0.165. The van der Waals surface area contributed by atoms with Gasteiger partial charge in [-0.1, -0.05) is 0 Å². The van der Waals surface area contributed by atoms with Crippen molar-refractivity contribution in [1.29, 1.82) is 0 Å². The molecular formula is C19H14F5N3O3S. The first-order valence-electron chi connectivity index (χ1n) is 8.66. The van der Waals surface area contributed by atoms with Crippen LogP contribution in [0.1, 0.15) is 5.56 Å². The molecule has 0 fully saturated rings. The van der Waals surface area contributed by atoms with Crippen LogP contribution in [0.2, 0.25) is 0 Å². The minimum atomic E-state index is -5.05. The SMILES string of the molecule is O=c1cc(-c2ccc(F)cc2)ncn1CCNS(=O)(=O)c1ccc(F)c(C(F)(F)F)c1. The maximum atomic E-state index is 13.3. The van der Waals surface area contributed by atoms with Gasteiger partial charge in [0.25, 0.3) is 5.56 Å². The highest BCUT2D eigenvalue weighted by atomic mass is 32.2. The van der Waals surface area contributed by atoms with Crippen LogP contribution in [0.5, 0.6) is 0 Å². The number of aromatic nitrogens is 2. The van der Waals surface area contributed by atoms with Crippen molar-refractivity contribution in [3.63, 3.8) is 0 Å². The van der Waals surface area contributed by atoms with Gasteiger partial charge in [-0.2, -0.15) is 13.2 Å². The van der Waals surface area contributed by atoms with Gasteiger partial charge in [0.2, 0.25) is 10.0 Å². The van der Waals surface area contributed by atoms with E-state index in [9.17, 15) is 35.2 Å². The average molecular weight is 459 g/mol. The second kappa shape index (κ2) is 8.55. The van der Waals surface area contributed by atoms with Gasteiger partial charge < -0.3 is 0 Å². The third-order valence-corrected chi connectivity index (χ3v) is 5.68. The van der Waals surface area contributed by atoms with Gasteiger partial charge in [-0.05, 0) is 42.5 Å². The maximum absolute atomic E-state index is 13.3. The van der Waals surface area contributed by atoms with Crippen molar-refractivity contribution >= 4 is 10.0 Å². The lowest BCUT2D eigenvalue weighted by Crippen LogP contribution is -2.31. The zero-order valence-corrected chi connectivity index (χ0v) is 16.3. The van der Waals surface area contributed by atoms with Crippen LogP contribution in [0.25, 0.3) is 11.3 Å². The van der Waals surface area contributed by atoms with E-state index in [0.717, 1.165) is 10.9 Å². The summed E-state index contributed by atoms with van der Waals surface area (Å²) in [6, 6.07) is 7.78. The van der Waals surface area contributed by atoms with E-state index in [1.165, 1.54) is 30.3 Å². The van der Waals surface area contributed by atoms with E-state index >= 15 is 0 Å². The molecule has 1 aromatic heterocycles. The largest absolute Gasteiger partial charge is 0.419 e. The van der Waals surface area contributed by atoms with Gasteiger partial charge in [-0.3, -0.25) is 9.36 Å². The molecule has 164 valence electrons. The van der Waals surface area contributed by atoms with E-state index in [1.54, 1.807) is 0 Å². The molecule has 0 aliphatic carbocycles. The fourth-order valence-electron chi connectivity index (χ4n) is 2.64. The lowest BCUT2D eigenvalue weighted by atomic mass is 10.1. The van der Waals surface area contributed by atoms with E-state index in [2.05, 4.69) is 9.71 Å². The molecule has 0 unspecified atom stereocenters. The Kier molecular flexibility index (Phi) is 6.23. The number of rotatable bonds is 6. The number of sulfonamides is 1. The molecule has 0 bridgehead atoms. The quantitative estimate of drug-likeness (QED) is 0.575. The van der Waals surface area contributed by atoms with Crippen LogP contribution in [-0.4, -0.2) is 24.5 Å². The third-order valence-electron chi connectivity index (χ3n) is 4.22. The Morgan fingerprint density at radius 1 is 1.00 bits per heavy atom. The van der Waals surface area contributed by atoms with Gasteiger partial charge in [-0.15, -0.1) is 0 Å². The predicted octanol–water partition coefficient (Wildman–Crippen LogP) is 3.19. The van der Waals surface area contributed by atoms with Gasteiger partial charge in [-0.25, -0.2) is 26.9 Å². The molecule has 1 N–H and O–H groups in total. The molecule has 0 saturated carbocycles. The molecule has 6 nitrogen and oxygen atoms in total. The lowest BCUT2D eigenvalue weighted by Gasteiger charge is -2.12. The van der Waals surface area contributed by atoms with Crippen LogP contribution < -0.4 is 10.3 Å². The zero-order valence-electron chi connectivity index (χ0n) is 15.5. The monoisotopic (exact) mass is 459 g/mol. The Morgan fingerprint density at radius 2 is 1.68 bits per heavy atom. The van der Waals surface area contributed by atoms with Crippen LogP contribution in [0.15, 0.2) is 64.5 Å². The Morgan fingerprint density at radius 3 is 2.29 bits per heavy atom. The standard InChI is InChI=1S/C19H14F5N3O3S/c20-13-3-1-12(2-4-13)17-10-18(28)27(11-25-17)8-7-26-31(29,30)14-5-6-16(21)15(9-14)19(22,23)24/h1-6,9-11,26H,7-8H2. The molecule has 0 aliphatic heterocycles. The molecule has 0 radical (unpaired) electrons. The summed E-state index contributed by atoms with van der Waals surface area (Å²) in [6.45, 7) is -0.499. The van der Waals surface area contributed by atoms with Crippen molar-refractivity contribution < 1.29 is 30.4 Å². The summed E-state index contributed by atoms with van der Waals surface area (Å²) in [6.07, 6.45) is -3.89. The van der Waals surface area contributed by atoms with E-state index < -0.39 is 43.9 Å². The minimum Gasteiger partial charge on any atom is -0.298 e. The van der Waals surface area contributed by atoms with Crippen molar-refractivity contribution in [2.45, 2.75) is 17.6 Å². The highest BCUT2D eigenvalue weighted by Crippen LogP contribution is 2.32. The summed E-state index contributed by atoms with van der Waals surface area (Å²) in [5, 5.41) is 0. The molecule has 2 aromatic carbocycles. The summed E-state index contributed by atoms with van der Waals surface area (Å²) < 4.78 is 92.3. The van der Waals surface area contributed by atoms with E-state index in [-0.39, 0.29) is 24.8 Å². The molecule has 3 rings (SSSR count). The zero-order chi connectivity index (χ0) is 22.8. The summed E-state index contributed by atoms with van der Waals surface area (Å²) >= 11 is 0. The Hall–Kier alpha value is -3.12. The van der Waals surface area contributed by atoms with Gasteiger partial charge >= 0.3 is 6.18 Å². The van der Waals surface area contributed by atoms with E-state index in [0.29, 0.717) is 17.7 Å². The molecule has 0 atom stereocenters. The van der Waals surface area contributed by atoms with Crippen molar-refractivity contribution in [2.75, 3.05) is 6.54 Å². The number of nitrogens with zero attached hydrogens (tertiary/aromatic N) is 2. The first kappa shape index (κ1) is 22.6. The average Bonchev–Trinajstić information content (AvgIpc) is 2.69. The predicted molar refractivity (Wildman–Crippen MR) is 100 cm³/mol. The van der Waals surface area contributed by atoms with Crippen LogP contribution in [0.3, 0.4) is 0 Å². The molecule has 0 amide bonds. The van der Waals surface area contributed by atoms with Crippen LogP contribution >= 0.6 is 0 Å². The molecule has 1 heterocycles. The lowest BCUT2D eigenvalue weighted by molar-refractivity contribution is -0.140. The third kappa shape index (κ3) is 5.33. The summed E-state index contributed by atoms with van der Waals surface area (Å²) in [5.41, 5.74) is -1.43. The Bertz CT molecular complexity index is 1260. The smallest absolute Gasteiger partial charge is 0.298 e. The summed E-state index contributed by atoms with van der Waals surface area (Å²) in [5.74, 6) is -2.04. The number of benzene rings is 2. The first-order valence-corrected chi connectivity index (χ1v) is 10.1. The van der Waals surface area contributed by atoms with Gasteiger partial charge in [0.15, 0.2) is 0 Å². The molecule has 3 aromatic rings. The molecule has 12 heteroatoms. The van der Waals surface area contributed by atoms with Gasteiger partial charge in [0.1, 0.15) is 11.6 Å². The highest BCUT2D eigenvalue weighted by molar-refractivity contribution is 7.89. The maximum Gasteiger partial charge on any atom is 0.419 e. The number of alkyl halides is 3. The fourth-order valence-corrected chi connectivity index (χ4v) is 3.69. The van der Waals surface area contributed by atoms with Gasteiger partial charge in [0, 0.05) is 24.7 Å². The number of hydrogen-bond acceptors (Lipinski definition) is 4. The second-order valence-corrected chi connectivity index (χ2v) is 8.12. The topological polar surface area (TPSA) is 81.1 Å². The van der Waals surface area contributed by atoms with Crippen LogP contribution in [0.4, 0.5) is 22.0 Å². The Balaban J connectivity index is 1.71. The normalized spacial score (nSPS) is 12.2. The number of hydrogen-bond donors (Lipinski definition) is 1.